The first-order chi connectivity index (χ1) is 13.2. The maximum Gasteiger partial charge on any atom is 0.524 e. The molecule has 0 spiro atoms. The van der Waals surface area contributed by atoms with Crippen LogP contribution < -0.4 is 0 Å². The molecule has 0 saturated carbocycles. The fourth-order valence-corrected chi connectivity index (χ4v) is 7.40. The van der Waals surface area contributed by atoms with Crippen molar-refractivity contribution in [2.24, 2.45) is 0 Å². The van der Waals surface area contributed by atoms with E-state index < -0.39 is 25.9 Å². The SMILES string of the molecule is Cc1ccc(S(OS(=O)(=O)C(F)(F)F)(c2ccccc2)c2ccccc2)cc1. The first-order valence-electron chi connectivity index (χ1n) is 8.19. The molecule has 28 heavy (non-hydrogen) atoms. The molecule has 3 rings (SSSR count). The van der Waals surface area contributed by atoms with Crippen molar-refractivity contribution in [2.75, 3.05) is 0 Å². The molecule has 0 bridgehead atoms. The van der Waals surface area contributed by atoms with Gasteiger partial charge in [-0.3, -0.25) is 0 Å². The predicted octanol–water partition coefficient (Wildman–Crippen LogP) is 6.06. The summed E-state index contributed by atoms with van der Waals surface area (Å²) in [5.41, 5.74) is -4.66. The van der Waals surface area contributed by atoms with Crippen LogP contribution in [0, 0.1) is 6.92 Å². The van der Waals surface area contributed by atoms with Crippen LogP contribution in [0.15, 0.2) is 99.6 Å². The van der Waals surface area contributed by atoms with Gasteiger partial charge in [-0.2, -0.15) is 25.2 Å². The van der Waals surface area contributed by atoms with Crippen LogP contribution in [0.5, 0.6) is 0 Å². The van der Waals surface area contributed by atoms with Gasteiger partial charge in [0.15, 0.2) is 0 Å². The number of aryl methyl sites for hydroxylation is 1. The Labute approximate surface area is 163 Å². The van der Waals surface area contributed by atoms with Gasteiger partial charge in [0.2, 0.25) is 0 Å². The molecule has 3 aromatic carbocycles. The molecule has 8 heteroatoms. The first kappa shape index (κ1) is 20.4. The zero-order valence-electron chi connectivity index (χ0n) is 14.8. The molecule has 0 aliphatic carbocycles. The van der Waals surface area contributed by atoms with E-state index in [4.69, 9.17) is 3.63 Å². The Morgan fingerprint density at radius 3 is 1.46 bits per heavy atom. The minimum atomic E-state index is -5.87. The van der Waals surface area contributed by atoms with Crippen molar-refractivity contribution < 1.29 is 25.2 Å². The minimum absolute atomic E-state index is 0.345. The lowest BCUT2D eigenvalue weighted by Gasteiger charge is -2.39. The summed E-state index contributed by atoms with van der Waals surface area (Å²) < 4.78 is 69.2. The maximum absolute atomic E-state index is 13.3. The second-order valence-corrected chi connectivity index (χ2v) is 10.4. The Hall–Kier alpha value is -2.29. The van der Waals surface area contributed by atoms with Gasteiger partial charge in [-0.15, -0.1) is 0 Å². The van der Waals surface area contributed by atoms with Crippen molar-refractivity contribution >= 4 is 20.4 Å². The number of hydrogen-bond acceptors (Lipinski definition) is 3. The van der Waals surface area contributed by atoms with Gasteiger partial charge >= 0.3 is 15.6 Å². The van der Waals surface area contributed by atoms with Crippen molar-refractivity contribution in [2.45, 2.75) is 27.1 Å². The Morgan fingerprint density at radius 2 is 1.07 bits per heavy atom. The van der Waals surface area contributed by atoms with Crippen LogP contribution in [0.4, 0.5) is 13.2 Å². The molecule has 0 radical (unpaired) electrons. The Kier molecular flexibility index (Phi) is 5.56. The van der Waals surface area contributed by atoms with Crippen LogP contribution in [-0.4, -0.2) is 13.9 Å². The van der Waals surface area contributed by atoms with E-state index >= 15 is 0 Å². The lowest BCUT2D eigenvalue weighted by molar-refractivity contribution is -0.0496. The fourth-order valence-electron chi connectivity index (χ4n) is 2.65. The van der Waals surface area contributed by atoms with Gasteiger partial charge in [0.25, 0.3) is 0 Å². The van der Waals surface area contributed by atoms with Crippen LogP contribution >= 0.6 is 10.3 Å². The molecule has 0 aliphatic rings. The summed E-state index contributed by atoms with van der Waals surface area (Å²) in [5.74, 6) is 0. The van der Waals surface area contributed by atoms with Crippen molar-refractivity contribution in [3.63, 3.8) is 0 Å². The van der Waals surface area contributed by atoms with Crippen LogP contribution in [0.2, 0.25) is 0 Å². The third-order valence-corrected chi connectivity index (χ3v) is 8.89. The highest BCUT2D eigenvalue weighted by molar-refractivity contribution is 8.33. The average Bonchev–Trinajstić information content (AvgIpc) is 2.67. The van der Waals surface area contributed by atoms with E-state index in [0.29, 0.717) is 14.7 Å². The third-order valence-electron chi connectivity index (χ3n) is 3.98. The molecule has 0 unspecified atom stereocenters. The zero-order chi connectivity index (χ0) is 20.4. The van der Waals surface area contributed by atoms with Crippen molar-refractivity contribution in [1.29, 1.82) is 0 Å². The lowest BCUT2D eigenvalue weighted by atomic mass is 10.2. The molecule has 3 aromatic rings. The Balaban J connectivity index is 2.38. The van der Waals surface area contributed by atoms with E-state index in [-0.39, 0.29) is 0 Å². The molecule has 0 amide bonds. The van der Waals surface area contributed by atoms with Crippen LogP contribution in [0.1, 0.15) is 5.56 Å². The van der Waals surface area contributed by atoms with Crippen LogP contribution in [0.25, 0.3) is 0 Å². The largest absolute Gasteiger partial charge is 0.524 e. The normalized spacial score (nSPS) is 13.3. The lowest BCUT2D eigenvalue weighted by Crippen LogP contribution is -2.27. The summed E-state index contributed by atoms with van der Waals surface area (Å²) in [6, 6.07) is 22.9. The topological polar surface area (TPSA) is 43.4 Å². The van der Waals surface area contributed by atoms with E-state index in [0.717, 1.165) is 5.56 Å². The first-order valence-corrected chi connectivity index (χ1v) is 11.2. The molecule has 0 atom stereocenters. The molecule has 0 saturated heterocycles. The predicted molar refractivity (Wildman–Crippen MR) is 103 cm³/mol. The number of alkyl halides is 3. The monoisotopic (exact) mass is 426 g/mol. The van der Waals surface area contributed by atoms with Crippen LogP contribution in [-0.2, 0) is 13.7 Å². The van der Waals surface area contributed by atoms with E-state index in [1.54, 1.807) is 84.9 Å². The van der Waals surface area contributed by atoms with Crippen molar-refractivity contribution in [3.05, 3.63) is 90.5 Å². The smallest absolute Gasteiger partial charge is 0.200 e. The van der Waals surface area contributed by atoms with E-state index in [1.165, 1.54) is 0 Å². The average molecular weight is 426 g/mol. The molecular weight excluding hydrogens is 409 g/mol. The van der Waals surface area contributed by atoms with Gasteiger partial charge in [-0.1, -0.05) is 54.1 Å². The number of halogens is 3. The molecule has 3 nitrogen and oxygen atoms in total. The molecule has 0 heterocycles. The van der Waals surface area contributed by atoms with Gasteiger partial charge in [0.05, 0.1) is 0 Å². The number of rotatable bonds is 5. The summed E-state index contributed by atoms with van der Waals surface area (Å²) in [6.45, 7) is 1.83. The highest BCUT2D eigenvalue weighted by atomic mass is 32.3. The summed E-state index contributed by atoms with van der Waals surface area (Å²) >= 11 is 0. The maximum atomic E-state index is 13.3. The van der Waals surface area contributed by atoms with E-state index in [1.807, 2.05) is 6.92 Å². The molecule has 0 aliphatic heterocycles. The molecule has 0 fully saturated rings. The standard InChI is InChI=1S/C20H17F3O3S2/c1-16-12-14-19(15-13-16)27(17-8-4-2-5-9-17,18-10-6-3-7-11-18)26-28(24,25)20(21,22)23/h2-15H,1H3. The minimum Gasteiger partial charge on any atom is -0.200 e. The number of hydrogen-bond donors (Lipinski definition) is 0. The van der Waals surface area contributed by atoms with Crippen LogP contribution in [0.3, 0.4) is 0 Å². The Bertz CT molecular complexity index is 994. The van der Waals surface area contributed by atoms with Crippen molar-refractivity contribution in [3.8, 4) is 0 Å². The molecular formula is C20H17F3O3S2. The van der Waals surface area contributed by atoms with Crippen molar-refractivity contribution in [1.82, 2.24) is 0 Å². The van der Waals surface area contributed by atoms with Gasteiger partial charge in [0, 0.05) is 14.7 Å². The van der Waals surface area contributed by atoms with Gasteiger partial charge in [-0.05, 0) is 53.6 Å². The summed E-state index contributed by atoms with van der Waals surface area (Å²) in [4.78, 5) is 1.04. The molecule has 0 aromatic heterocycles. The number of benzene rings is 3. The summed E-state index contributed by atoms with van der Waals surface area (Å²) in [6.07, 6.45) is 0. The fraction of sp³-hybridized carbons (Fsp3) is 0.100. The van der Waals surface area contributed by atoms with Gasteiger partial charge in [0.1, 0.15) is 0 Å². The third kappa shape index (κ3) is 3.80. The van der Waals surface area contributed by atoms with Gasteiger partial charge < -0.3 is 0 Å². The zero-order valence-corrected chi connectivity index (χ0v) is 16.4. The highest BCUT2D eigenvalue weighted by Gasteiger charge is 2.52. The highest BCUT2D eigenvalue weighted by Crippen LogP contribution is 2.70. The molecule has 148 valence electrons. The van der Waals surface area contributed by atoms with E-state index in [2.05, 4.69) is 0 Å². The van der Waals surface area contributed by atoms with Gasteiger partial charge in [-0.25, -0.2) is 0 Å². The Morgan fingerprint density at radius 1 is 0.679 bits per heavy atom. The quantitative estimate of drug-likeness (QED) is 0.466. The summed E-state index contributed by atoms with van der Waals surface area (Å²) in [7, 11) is -9.07. The second kappa shape index (κ2) is 7.62. The van der Waals surface area contributed by atoms with E-state index in [9.17, 15) is 21.6 Å². The summed E-state index contributed by atoms with van der Waals surface area (Å²) in [5, 5.41) is 0. The molecule has 0 N–H and O–H groups in total. The second-order valence-electron chi connectivity index (χ2n) is 5.96.